The minimum atomic E-state index is -0.468. The zero-order valence-corrected chi connectivity index (χ0v) is 10.7. The second-order valence-electron chi connectivity index (χ2n) is 4.30. The highest BCUT2D eigenvalue weighted by Crippen LogP contribution is 2.25. The largest absolute Gasteiger partial charge is 0.388 e. The van der Waals surface area contributed by atoms with Crippen molar-refractivity contribution >= 4 is 10.8 Å². The van der Waals surface area contributed by atoms with E-state index in [2.05, 4.69) is 4.98 Å². The van der Waals surface area contributed by atoms with Crippen LogP contribution in [0.4, 0.5) is 0 Å². The van der Waals surface area contributed by atoms with E-state index in [9.17, 15) is 5.11 Å². The number of aliphatic hydroxyl groups excluding tert-OH is 1. The molecule has 3 heteroatoms. The summed E-state index contributed by atoms with van der Waals surface area (Å²) in [6.07, 6.45) is 4.68. The van der Waals surface area contributed by atoms with Gasteiger partial charge >= 0.3 is 0 Å². The summed E-state index contributed by atoms with van der Waals surface area (Å²) >= 11 is 0. The first-order valence-electron chi connectivity index (χ1n) is 6.41. The van der Waals surface area contributed by atoms with Crippen LogP contribution in [0.5, 0.6) is 0 Å². The fourth-order valence-corrected chi connectivity index (χ4v) is 2.08. The summed E-state index contributed by atoms with van der Waals surface area (Å²) in [6, 6.07) is 8.00. The number of benzene rings is 1. The highest BCUT2D eigenvalue weighted by Gasteiger charge is 2.11. The molecule has 96 valence electrons. The smallest absolute Gasteiger partial charge is 0.0811 e. The maximum Gasteiger partial charge on any atom is 0.0811 e. The zero-order valence-electron chi connectivity index (χ0n) is 10.7. The molecule has 1 atom stereocenters. The number of pyridine rings is 1. The third-order valence-electron chi connectivity index (χ3n) is 3.03. The van der Waals surface area contributed by atoms with E-state index < -0.39 is 6.10 Å². The van der Waals surface area contributed by atoms with Crippen molar-refractivity contribution in [3.8, 4) is 0 Å². The number of ether oxygens (including phenoxy) is 1. The summed E-state index contributed by atoms with van der Waals surface area (Å²) in [4.78, 5) is 4.19. The molecule has 1 heterocycles. The van der Waals surface area contributed by atoms with Gasteiger partial charge in [0.25, 0.3) is 0 Å². The summed E-state index contributed by atoms with van der Waals surface area (Å²) in [7, 11) is 0. The van der Waals surface area contributed by atoms with Crippen LogP contribution in [0, 0.1) is 0 Å². The molecule has 0 saturated carbocycles. The quantitative estimate of drug-likeness (QED) is 0.795. The Morgan fingerprint density at radius 1 is 1.28 bits per heavy atom. The maximum atomic E-state index is 10.2. The van der Waals surface area contributed by atoms with Gasteiger partial charge in [-0.3, -0.25) is 4.98 Å². The molecule has 0 aliphatic carbocycles. The number of aromatic nitrogens is 1. The lowest BCUT2D eigenvalue weighted by molar-refractivity contribution is 0.115. The third-order valence-corrected chi connectivity index (χ3v) is 3.03. The van der Waals surface area contributed by atoms with Crippen molar-refractivity contribution in [2.24, 2.45) is 0 Å². The fourth-order valence-electron chi connectivity index (χ4n) is 2.08. The van der Waals surface area contributed by atoms with Gasteiger partial charge in [0.2, 0.25) is 0 Å². The standard InChI is InChI=1S/C15H19NO2/c1-2-18-9-5-8-15(17)14-11-16-10-12-6-3-4-7-13(12)14/h3-4,6-7,10-11,15,17H,2,5,8-9H2,1H3. The van der Waals surface area contributed by atoms with Gasteiger partial charge in [-0.15, -0.1) is 0 Å². The monoisotopic (exact) mass is 245 g/mol. The van der Waals surface area contributed by atoms with Crippen LogP contribution in [-0.4, -0.2) is 23.3 Å². The zero-order chi connectivity index (χ0) is 12.8. The van der Waals surface area contributed by atoms with E-state index in [0.717, 1.165) is 29.4 Å². The van der Waals surface area contributed by atoms with Crippen LogP contribution in [0.3, 0.4) is 0 Å². The molecule has 1 aromatic carbocycles. The van der Waals surface area contributed by atoms with Gasteiger partial charge in [0.05, 0.1) is 6.10 Å². The Kier molecular flexibility index (Phi) is 4.67. The van der Waals surface area contributed by atoms with Gasteiger partial charge in [0.1, 0.15) is 0 Å². The number of rotatable bonds is 6. The molecule has 3 nitrogen and oxygen atoms in total. The van der Waals surface area contributed by atoms with Crippen molar-refractivity contribution in [1.82, 2.24) is 4.98 Å². The number of hydrogen-bond acceptors (Lipinski definition) is 3. The minimum Gasteiger partial charge on any atom is -0.388 e. The van der Waals surface area contributed by atoms with Gasteiger partial charge in [-0.05, 0) is 25.2 Å². The third kappa shape index (κ3) is 3.06. The fraction of sp³-hybridized carbons (Fsp3) is 0.400. The molecule has 0 radical (unpaired) electrons. The highest BCUT2D eigenvalue weighted by atomic mass is 16.5. The normalized spacial score (nSPS) is 12.8. The van der Waals surface area contributed by atoms with E-state index in [1.54, 1.807) is 6.20 Å². The van der Waals surface area contributed by atoms with Crippen LogP contribution < -0.4 is 0 Å². The van der Waals surface area contributed by atoms with E-state index >= 15 is 0 Å². The average Bonchev–Trinajstić information content (AvgIpc) is 2.43. The Bertz CT molecular complexity index is 493. The summed E-state index contributed by atoms with van der Waals surface area (Å²) in [6.45, 7) is 3.41. The molecule has 0 aliphatic rings. The topological polar surface area (TPSA) is 42.4 Å². The second-order valence-corrected chi connectivity index (χ2v) is 4.30. The Hall–Kier alpha value is -1.45. The Morgan fingerprint density at radius 2 is 2.11 bits per heavy atom. The van der Waals surface area contributed by atoms with Crippen molar-refractivity contribution in [2.75, 3.05) is 13.2 Å². The summed E-state index contributed by atoms with van der Waals surface area (Å²) < 4.78 is 5.28. The van der Waals surface area contributed by atoms with Crippen LogP contribution in [0.15, 0.2) is 36.7 Å². The van der Waals surface area contributed by atoms with Gasteiger partial charge in [0.15, 0.2) is 0 Å². The molecule has 0 spiro atoms. The summed E-state index contributed by atoms with van der Waals surface area (Å²) in [5.74, 6) is 0. The van der Waals surface area contributed by atoms with E-state index in [1.165, 1.54) is 0 Å². The van der Waals surface area contributed by atoms with E-state index in [1.807, 2.05) is 37.4 Å². The van der Waals surface area contributed by atoms with Crippen LogP contribution in [-0.2, 0) is 4.74 Å². The van der Waals surface area contributed by atoms with Crippen molar-refractivity contribution in [1.29, 1.82) is 0 Å². The predicted molar refractivity (Wildman–Crippen MR) is 72.4 cm³/mol. The number of hydrogen-bond donors (Lipinski definition) is 1. The molecular weight excluding hydrogens is 226 g/mol. The predicted octanol–water partition coefficient (Wildman–Crippen LogP) is 3.08. The highest BCUT2D eigenvalue weighted by molar-refractivity contribution is 5.84. The molecule has 1 aromatic heterocycles. The van der Waals surface area contributed by atoms with Gasteiger partial charge in [-0.1, -0.05) is 24.3 Å². The average molecular weight is 245 g/mol. The van der Waals surface area contributed by atoms with Crippen molar-refractivity contribution in [3.63, 3.8) is 0 Å². The van der Waals surface area contributed by atoms with Crippen molar-refractivity contribution < 1.29 is 9.84 Å². The van der Waals surface area contributed by atoms with Gasteiger partial charge < -0.3 is 9.84 Å². The van der Waals surface area contributed by atoms with E-state index in [4.69, 9.17) is 4.74 Å². The Morgan fingerprint density at radius 3 is 2.94 bits per heavy atom. The molecule has 0 bridgehead atoms. The van der Waals surface area contributed by atoms with Gasteiger partial charge in [0, 0.05) is 36.6 Å². The molecule has 0 saturated heterocycles. The molecule has 2 aromatic rings. The SMILES string of the molecule is CCOCCCC(O)c1cncc2ccccc12. The van der Waals surface area contributed by atoms with E-state index in [0.29, 0.717) is 13.0 Å². The van der Waals surface area contributed by atoms with Gasteiger partial charge in [-0.25, -0.2) is 0 Å². The summed E-state index contributed by atoms with van der Waals surface area (Å²) in [5.41, 5.74) is 0.907. The molecular formula is C15H19NO2. The van der Waals surface area contributed by atoms with Crippen molar-refractivity contribution in [2.45, 2.75) is 25.9 Å². The minimum absolute atomic E-state index is 0.468. The van der Waals surface area contributed by atoms with Crippen LogP contribution >= 0.6 is 0 Å². The second kappa shape index (κ2) is 6.47. The molecule has 1 N–H and O–H groups in total. The number of nitrogens with zero attached hydrogens (tertiary/aromatic N) is 1. The molecule has 2 rings (SSSR count). The first-order valence-corrected chi connectivity index (χ1v) is 6.41. The van der Waals surface area contributed by atoms with E-state index in [-0.39, 0.29) is 0 Å². The van der Waals surface area contributed by atoms with Crippen LogP contribution in [0.1, 0.15) is 31.4 Å². The Labute approximate surface area is 107 Å². The maximum absolute atomic E-state index is 10.2. The number of aliphatic hydroxyl groups is 1. The summed E-state index contributed by atoms with van der Waals surface area (Å²) in [5, 5.41) is 12.4. The lowest BCUT2D eigenvalue weighted by atomic mass is 10.0. The molecule has 1 unspecified atom stereocenters. The molecule has 0 aliphatic heterocycles. The molecule has 0 amide bonds. The lowest BCUT2D eigenvalue weighted by Gasteiger charge is -2.13. The molecule has 18 heavy (non-hydrogen) atoms. The van der Waals surface area contributed by atoms with Crippen LogP contribution in [0.25, 0.3) is 10.8 Å². The first kappa shape index (κ1) is 13.0. The van der Waals surface area contributed by atoms with Crippen molar-refractivity contribution in [3.05, 3.63) is 42.2 Å². The van der Waals surface area contributed by atoms with Crippen LogP contribution in [0.2, 0.25) is 0 Å². The molecule has 0 fully saturated rings. The lowest BCUT2D eigenvalue weighted by Crippen LogP contribution is -2.02. The van der Waals surface area contributed by atoms with Gasteiger partial charge in [-0.2, -0.15) is 0 Å². The number of fused-ring (bicyclic) bond motifs is 1. The first-order chi connectivity index (χ1) is 8.83. The Balaban J connectivity index is 2.10.